The highest BCUT2D eigenvalue weighted by molar-refractivity contribution is 6.25. The Labute approximate surface area is 107 Å². The summed E-state index contributed by atoms with van der Waals surface area (Å²) in [5.74, 6) is -1.20. The predicted molar refractivity (Wildman–Crippen MR) is 69.0 cm³/mol. The van der Waals surface area contributed by atoms with Gasteiger partial charge in [0.1, 0.15) is 0 Å². The molecule has 0 aliphatic carbocycles. The van der Waals surface area contributed by atoms with Crippen molar-refractivity contribution in [1.29, 1.82) is 0 Å². The van der Waals surface area contributed by atoms with Crippen molar-refractivity contribution in [2.24, 2.45) is 0 Å². The largest absolute Gasteiger partial charge is 0.386 e. The van der Waals surface area contributed by atoms with Crippen molar-refractivity contribution in [3.63, 3.8) is 0 Å². The summed E-state index contributed by atoms with van der Waals surface area (Å²) in [7, 11) is 0. The SMILES string of the molecule is O=C1OC(=O)c2cc3ncccc3c3cccc1c23. The second-order valence-electron chi connectivity index (χ2n) is 4.40. The third kappa shape index (κ3) is 1.25. The summed E-state index contributed by atoms with van der Waals surface area (Å²) in [6, 6.07) is 10.8. The number of benzene rings is 2. The third-order valence-corrected chi connectivity index (χ3v) is 3.37. The zero-order chi connectivity index (χ0) is 13.0. The molecule has 0 spiro atoms. The maximum Gasteiger partial charge on any atom is 0.346 e. The Morgan fingerprint density at radius 3 is 2.58 bits per heavy atom. The number of ether oxygens (including phenoxy) is 1. The van der Waals surface area contributed by atoms with Gasteiger partial charge in [-0.25, -0.2) is 9.59 Å². The lowest BCUT2D eigenvalue weighted by molar-refractivity contribution is 0.0391. The molecule has 3 aromatic rings. The minimum Gasteiger partial charge on any atom is -0.386 e. The predicted octanol–water partition coefficient (Wildman–Crippen LogP) is 2.70. The molecule has 2 heterocycles. The topological polar surface area (TPSA) is 56.3 Å². The second kappa shape index (κ2) is 3.38. The van der Waals surface area contributed by atoms with E-state index in [-0.39, 0.29) is 0 Å². The summed E-state index contributed by atoms with van der Waals surface area (Å²) in [4.78, 5) is 27.9. The minimum absolute atomic E-state index is 0.399. The summed E-state index contributed by atoms with van der Waals surface area (Å²) < 4.78 is 4.75. The standard InChI is InChI=1S/C15H7NO3/c17-14-10-4-1-3-9-8-5-2-6-16-12(8)7-11(13(9)10)15(18)19-14/h1-7H. The van der Waals surface area contributed by atoms with Crippen molar-refractivity contribution in [2.45, 2.75) is 0 Å². The number of fused-ring (bicyclic) bond motifs is 2. The van der Waals surface area contributed by atoms with Crippen LogP contribution in [0.2, 0.25) is 0 Å². The van der Waals surface area contributed by atoms with E-state index < -0.39 is 11.9 Å². The quantitative estimate of drug-likeness (QED) is 0.349. The number of hydrogen-bond donors (Lipinski definition) is 0. The Hall–Kier alpha value is -2.75. The lowest BCUT2D eigenvalue weighted by Gasteiger charge is -2.16. The van der Waals surface area contributed by atoms with Gasteiger partial charge in [-0.2, -0.15) is 0 Å². The number of nitrogens with zero attached hydrogens (tertiary/aromatic N) is 1. The molecule has 1 aliphatic rings. The van der Waals surface area contributed by atoms with Crippen LogP contribution < -0.4 is 0 Å². The molecule has 0 fully saturated rings. The molecular formula is C15H7NO3. The molecule has 4 rings (SSSR count). The number of cyclic esters (lactones) is 2. The average molecular weight is 249 g/mol. The van der Waals surface area contributed by atoms with Crippen LogP contribution in [0.25, 0.3) is 21.7 Å². The van der Waals surface area contributed by atoms with Gasteiger partial charge >= 0.3 is 11.9 Å². The van der Waals surface area contributed by atoms with E-state index in [1.807, 2.05) is 18.2 Å². The molecule has 0 saturated carbocycles. The van der Waals surface area contributed by atoms with E-state index >= 15 is 0 Å². The Balaban J connectivity index is 2.34. The molecule has 0 atom stereocenters. The highest BCUT2D eigenvalue weighted by Crippen LogP contribution is 2.33. The van der Waals surface area contributed by atoms with Crippen molar-refractivity contribution >= 4 is 33.6 Å². The fourth-order valence-corrected chi connectivity index (χ4v) is 2.56. The molecule has 0 radical (unpaired) electrons. The van der Waals surface area contributed by atoms with Crippen LogP contribution in [0.1, 0.15) is 20.7 Å². The van der Waals surface area contributed by atoms with Crippen molar-refractivity contribution in [3.05, 3.63) is 53.7 Å². The molecule has 0 bridgehead atoms. The summed E-state index contributed by atoms with van der Waals surface area (Å²) in [6.07, 6.45) is 1.67. The van der Waals surface area contributed by atoms with Crippen LogP contribution in [0.4, 0.5) is 0 Å². The van der Waals surface area contributed by atoms with Gasteiger partial charge in [-0.3, -0.25) is 4.98 Å². The van der Waals surface area contributed by atoms with Gasteiger partial charge < -0.3 is 4.74 Å². The number of pyridine rings is 1. The van der Waals surface area contributed by atoms with Crippen LogP contribution in [0.3, 0.4) is 0 Å². The summed E-state index contributed by atoms with van der Waals surface area (Å²) in [6.45, 7) is 0. The second-order valence-corrected chi connectivity index (χ2v) is 4.40. The maximum absolute atomic E-state index is 11.9. The maximum atomic E-state index is 11.9. The molecule has 0 saturated heterocycles. The highest BCUT2D eigenvalue weighted by Gasteiger charge is 2.28. The fraction of sp³-hybridized carbons (Fsp3) is 0. The van der Waals surface area contributed by atoms with E-state index in [0.29, 0.717) is 22.0 Å². The lowest BCUT2D eigenvalue weighted by atomic mass is 9.94. The third-order valence-electron chi connectivity index (χ3n) is 3.37. The summed E-state index contributed by atoms with van der Waals surface area (Å²) in [5.41, 5.74) is 1.54. The Kier molecular flexibility index (Phi) is 1.82. The van der Waals surface area contributed by atoms with Gasteiger partial charge in [-0.05, 0) is 23.6 Å². The molecule has 0 unspecified atom stereocenters. The van der Waals surface area contributed by atoms with Gasteiger partial charge in [0, 0.05) is 17.0 Å². The lowest BCUT2D eigenvalue weighted by Crippen LogP contribution is -2.19. The van der Waals surface area contributed by atoms with E-state index in [1.54, 1.807) is 24.4 Å². The van der Waals surface area contributed by atoms with E-state index in [1.165, 1.54) is 0 Å². The first kappa shape index (κ1) is 10.2. The van der Waals surface area contributed by atoms with Crippen molar-refractivity contribution in [3.8, 4) is 0 Å². The number of carbonyl (C=O) groups excluding carboxylic acids is 2. The Morgan fingerprint density at radius 1 is 0.895 bits per heavy atom. The van der Waals surface area contributed by atoms with Gasteiger partial charge in [0.2, 0.25) is 0 Å². The van der Waals surface area contributed by atoms with Crippen LogP contribution in [-0.2, 0) is 4.74 Å². The van der Waals surface area contributed by atoms with Crippen LogP contribution in [0.5, 0.6) is 0 Å². The van der Waals surface area contributed by atoms with Crippen molar-refractivity contribution < 1.29 is 14.3 Å². The van der Waals surface area contributed by atoms with Crippen molar-refractivity contribution in [2.75, 3.05) is 0 Å². The number of aromatic nitrogens is 1. The first-order chi connectivity index (χ1) is 9.25. The molecular weight excluding hydrogens is 242 g/mol. The first-order valence-corrected chi connectivity index (χ1v) is 5.83. The van der Waals surface area contributed by atoms with E-state index in [4.69, 9.17) is 4.74 Å². The highest BCUT2D eigenvalue weighted by atomic mass is 16.6. The molecule has 2 aromatic carbocycles. The zero-order valence-electron chi connectivity index (χ0n) is 9.71. The van der Waals surface area contributed by atoms with Crippen molar-refractivity contribution in [1.82, 2.24) is 4.98 Å². The smallest absolute Gasteiger partial charge is 0.346 e. The van der Waals surface area contributed by atoms with Gasteiger partial charge in [-0.15, -0.1) is 0 Å². The molecule has 0 N–H and O–H groups in total. The molecule has 90 valence electrons. The van der Waals surface area contributed by atoms with Crippen LogP contribution in [-0.4, -0.2) is 16.9 Å². The molecule has 4 nitrogen and oxygen atoms in total. The minimum atomic E-state index is -0.610. The van der Waals surface area contributed by atoms with E-state index in [2.05, 4.69) is 4.98 Å². The fourth-order valence-electron chi connectivity index (χ4n) is 2.56. The normalized spacial score (nSPS) is 13.9. The van der Waals surface area contributed by atoms with Gasteiger partial charge in [0.25, 0.3) is 0 Å². The summed E-state index contributed by atoms with van der Waals surface area (Å²) >= 11 is 0. The Morgan fingerprint density at radius 2 is 1.68 bits per heavy atom. The number of carbonyl (C=O) groups is 2. The molecule has 19 heavy (non-hydrogen) atoms. The monoisotopic (exact) mass is 249 g/mol. The molecule has 4 heteroatoms. The van der Waals surface area contributed by atoms with Gasteiger partial charge in [0.05, 0.1) is 16.6 Å². The number of rotatable bonds is 0. The van der Waals surface area contributed by atoms with Crippen LogP contribution in [0.15, 0.2) is 42.6 Å². The first-order valence-electron chi connectivity index (χ1n) is 5.83. The average Bonchev–Trinajstić information content (AvgIpc) is 2.44. The van der Waals surface area contributed by atoms with Crippen LogP contribution >= 0.6 is 0 Å². The van der Waals surface area contributed by atoms with Crippen LogP contribution in [0, 0.1) is 0 Å². The molecule has 0 amide bonds. The number of hydrogen-bond acceptors (Lipinski definition) is 4. The van der Waals surface area contributed by atoms with Gasteiger partial charge in [-0.1, -0.05) is 18.2 Å². The van der Waals surface area contributed by atoms with E-state index in [0.717, 1.165) is 10.8 Å². The number of esters is 2. The zero-order valence-corrected chi connectivity index (χ0v) is 9.71. The Bertz CT molecular complexity index is 883. The molecule has 1 aliphatic heterocycles. The van der Waals surface area contributed by atoms with Gasteiger partial charge in [0.15, 0.2) is 0 Å². The summed E-state index contributed by atoms with van der Waals surface area (Å²) in [5, 5.41) is 2.43. The van der Waals surface area contributed by atoms with E-state index in [9.17, 15) is 9.59 Å². The molecule has 1 aromatic heterocycles.